The predicted molar refractivity (Wildman–Crippen MR) is 61.2 cm³/mol. The van der Waals surface area contributed by atoms with Gasteiger partial charge in [-0.2, -0.15) is 13.2 Å². The molecule has 1 unspecified atom stereocenters. The van der Waals surface area contributed by atoms with Crippen LogP contribution in [0.15, 0.2) is 24.3 Å². The molecule has 0 saturated heterocycles. The van der Waals surface area contributed by atoms with Gasteiger partial charge in [-0.3, -0.25) is 0 Å². The highest BCUT2D eigenvalue weighted by Crippen LogP contribution is 2.29. The number of halogens is 3. The van der Waals surface area contributed by atoms with Crippen LogP contribution < -0.4 is 5.73 Å². The first-order valence-corrected chi connectivity index (χ1v) is 5.25. The normalized spacial score (nSPS) is 12.8. The van der Waals surface area contributed by atoms with Crippen LogP contribution >= 0.6 is 0 Å². The molecule has 0 bridgehead atoms. The molecule has 0 aliphatic rings. The second-order valence-corrected chi connectivity index (χ2v) is 3.79. The Hall–Kier alpha value is -1.47. The van der Waals surface area contributed by atoms with E-state index in [1.54, 1.807) is 6.92 Å². The third-order valence-electron chi connectivity index (χ3n) is 2.32. The molecule has 4 heteroatoms. The lowest BCUT2D eigenvalue weighted by molar-refractivity contribution is -0.137. The van der Waals surface area contributed by atoms with Crippen LogP contribution in [-0.2, 0) is 12.6 Å². The van der Waals surface area contributed by atoms with Crippen molar-refractivity contribution in [2.24, 2.45) is 5.73 Å². The van der Waals surface area contributed by atoms with Gasteiger partial charge in [0.15, 0.2) is 0 Å². The highest BCUT2D eigenvalue weighted by molar-refractivity contribution is 5.25. The van der Waals surface area contributed by atoms with E-state index in [0.29, 0.717) is 12.8 Å². The molecular formula is C13H14F3N. The van der Waals surface area contributed by atoms with Gasteiger partial charge in [-0.05, 0) is 31.0 Å². The largest absolute Gasteiger partial charge is 0.416 e. The number of hydrogen-bond acceptors (Lipinski definition) is 1. The van der Waals surface area contributed by atoms with E-state index in [1.165, 1.54) is 12.1 Å². The maximum Gasteiger partial charge on any atom is 0.416 e. The van der Waals surface area contributed by atoms with Crippen LogP contribution in [0.1, 0.15) is 24.5 Å². The SMILES string of the molecule is CC#CCC(N)Cc1ccc(C(F)(F)F)cc1. The molecule has 0 fully saturated rings. The van der Waals surface area contributed by atoms with Crippen molar-refractivity contribution in [2.45, 2.75) is 32.0 Å². The van der Waals surface area contributed by atoms with E-state index in [4.69, 9.17) is 5.73 Å². The van der Waals surface area contributed by atoms with Crippen LogP contribution in [0.25, 0.3) is 0 Å². The number of rotatable bonds is 3. The summed E-state index contributed by atoms with van der Waals surface area (Å²) in [7, 11) is 0. The van der Waals surface area contributed by atoms with Gasteiger partial charge in [0.1, 0.15) is 0 Å². The molecule has 92 valence electrons. The molecule has 1 aromatic carbocycles. The van der Waals surface area contributed by atoms with Gasteiger partial charge in [0.2, 0.25) is 0 Å². The predicted octanol–water partition coefficient (Wildman–Crippen LogP) is 2.99. The first kappa shape index (κ1) is 13.6. The van der Waals surface area contributed by atoms with Gasteiger partial charge >= 0.3 is 6.18 Å². The zero-order chi connectivity index (χ0) is 12.9. The summed E-state index contributed by atoms with van der Waals surface area (Å²) < 4.78 is 36.9. The van der Waals surface area contributed by atoms with Gasteiger partial charge in [-0.1, -0.05) is 12.1 Å². The lowest BCUT2D eigenvalue weighted by atomic mass is 10.0. The standard InChI is InChI=1S/C13H14F3N/c1-2-3-4-12(17)9-10-5-7-11(8-6-10)13(14,15)16/h5-8,12H,4,9,17H2,1H3. The van der Waals surface area contributed by atoms with Crippen molar-refractivity contribution >= 4 is 0 Å². The molecule has 0 amide bonds. The van der Waals surface area contributed by atoms with E-state index < -0.39 is 11.7 Å². The minimum absolute atomic E-state index is 0.140. The lowest BCUT2D eigenvalue weighted by Gasteiger charge is -2.10. The summed E-state index contributed by atoms with van der Waals surface area (Å²) in [6.45, 7) is 1.73. The summed E-state index contributed by atoms with van der Waals surface area (Å²) in [5, 5.41) is 0. The molecule has 0 saturated carbocycles. The van der Waals surface area contributed by atoms with E-state index >= 15 is 0 Å². The first-order chi connectivity index (χ1) is 7.93. The first-order valence-electron chi connectivity index (χ1n) is 5.25. The Kier molecular flexibility index (Phi) is 4.59. The molecular weight excluding hydrogens is 227 g/mol. The Morgan fingerprint density at radius 2 is 1.82 bits per heavy atom. The maximum atomic E-state index is 12.3. The molecule has 17 heavy (non-hydrogen) atoms. The van der Waals surface area contributed by atoms with E-state index in [0.717, 1.165) is 17.7 Å². The van der Waals surface area contributed by atoms with Crippen LogP contribution in [0.5, 0.6) is 0 Å². The van der Waals surface area contributed by atoms with Crippen molar-refractivity contribution < 1.29 is 13.2 Å². The summed E-state index contributed by atoms with van der Waals surface area (Å²) in [6.07, 6.45) is -3.20. The number of hydrogen-bond donors (Lipinski definition) is 1. The summed E-state index contributed by atoms with van der Waals surface area (Å²) in [4.78, 5) is 0. The Morgan fingerprint density at radius 1 is 1.24 bits per heavy atom. The Bertz CT molecular complexity index is 409. The van der Waals surface area contributed by atoms with Gasteiger partial charge in [0.25, 0.3) is 0 Å². The van der Waals surface area contributed by atoms with Crippen molar-refractivity contribution in [3.05, 3.63) is 35.4 Å². The van der Waals surface area contributed by atoms with Crippen molar-refractivity contribution in [1.29, 1.82) is 0 Å². The number of nitrogens with two attached hydrogens (primary N) is 1. The van der Waals surface area contributed by atoms with Gasteiger partial charge in [0, 0.05) is 12.5 Å². The maximum absolute atomic E-state index is 12.3. The molecule has 1 aromatic rings. The molecule has 2 N–H and O–H groups in total. The van der Waals surface area contributed by atoms with Crippen molar-refractivity contribution in [3.63, 3.8) is 0 Å². The number of benzene rings is 1. The topological polar surface area (TPSA) is 26.0 Å². The van der Waals surface area contributed by atoms with Gasteiger partial charge in [-0.15, -0.1) is 11.8 Å². The summed E-state index contributed by atoms with van der Waals surface area (Å²) in [5.74, 6) is 5.58. The Balaban J connectivity index is 2.64. The molecule has 1 nitrogen and oxygen atoms in total. The average Bonchev–Trinajstić information content (AvgIpc) is 2.26. The monoisotopic (exact) mass is 241 g/mol. The quantitative estimate of drug-likeness (QED) is 0.809. The highest BCUT2D eigenvalue weighted by atomic mass is 19.4. The van der Waals surface area contributed by atoms with Gasteiger partial charge < -0.3 is 5.73 Å². The lowest BCUT2D eigenvalue weighted by Crippen LogP contribution is -2.22. The molecule has 0 spiro atoms. The fourth-order valence-electron chi connectivity index (χ4n) is 1.44. The zero-order valence-electron chi connectivity index (χ0n) is 9.51. The smallest absolute Gasteiger partial charge is 0.327 e. The van der Waals surface area contributed by atoms with E-state index in [2.05, 4.69) is 11.8 Å². The Labute approximate surface area is 98.8 Å². The minimum atomic E-state index is -4.28. The van der Waals surface area contributed by atoms with Gasteiger partial charge in [-0.25, -0.2) is 0 Å². The fraction of sp³-hybridized carbons (Fsp3) is 0.385. The summed E-state index contributed by atoms with van der Waals surface area (Å²) >= 11 is 0. The van der Waals surface area contributed by atoms with Crippen molar-refractivity contribution in [1.82, 2.24) is 0 Å². The van der Waals surface area contributed by atoms with Crippen LogP contribution in [-0.4, -0.2) is 6.04 Å². The second-order valence-electron chi connectivity index (χ2n) is 3.79. The van der Waals surface area contributed by atoms with E-state index in [-0.39, 0.29) is 6.04 Å². The van der Waals surface area contributed by atoms with Crippen molar-refractivity contribution in [2.75, 3.05) is 0 Å². The van der Waals surface area contributed by atoms with Crippen LogP contribution in [0, 0.1) is 11.8 Å². The molecule has 0 aromatic heterocycles. The minimum Gasteiger partial charge on any atom is -0.327 e. The molecule has 0 aliphatic heterocycles. The van der Waals surface area contributed by atoms with Crippen LogP contribution in [0.2, 0.25) is 0 Å². The molecule has 0 radical (unpaired) electrons. The molecule has 1 atom stereocenters. The van der Waals surface area contributed by atoms with Crippen LogP contribution in [0.4, 0.5) is 13.2 Å². The highest BCUT2D eigenvalue weighted by Gasteiger charge is 2.29. The van der Waals surface area contributed by atoms with Gasteiger partial charge in [0.05, 0.1) is 5.56 Å². The molecule has 0 heterocycles. The second kappa shape index (κ2) is 5.74. The van der Waals surface area contributed by atoms with E-state index in [1.807, 2.05) is 0 Å². The van der Waals surface area contributed by atoms with Crippen molar-refractivity contribution in [3.8, 4) is 11.8 Å². The molecule has 0 aliphatic carbocycles. The fourth-order valence-corrected chi connectivity index (χ4v) is 1.44. The van der Waals surface area contributed by atoms with Crippen LogP contribution in [0.3, 0.4) is 0 Å². The zero-order valence-corrected chi connectivity index (χ0v) is 9.51. The average molecular weight is 241 g/mol. The third kappa shape index (κ3) is 4.49. The molecule has 1 rings (SSSR count). The summed E-state index contributed by atoms with van der Waals surface area (Å²) in [6, 6.07) is 4.93. The third-order valence-corrected chi connectivity index (χ3v) is 2.32. The van der Waals surface area contributed by atoms with E-state index in [9.17, 15) is 13.2 Å². The number of alkyl halides is 3. The summed E-state index contributed by atoms with van der Waals surface area (Å²) in [5.41, 5.74) is 5.95. The Morgan fingerprint density at radius 3 is 2.29 bits per heavy atom.